The summed E-state index contributed by atoms with van der Waals surface area (Å²) in [6.07, 6.45) is 1.28. The maximum Gasteiger partial charge on any atom is 0.343 e. The van der Waals surface area contributed by atoms with Gasteiger partial charge in [0.15, 0.2) is 5.60 Å². The van der Waals surface area contributed by atoms with Crippen LogP contribution in [0.5, 0.6) is 0 Å². The second kappa shape index (κ2) is 23.2. The number of likely N-dealkylation sites (tertiary alicyclic amines) is 1. The average molecular weight is 1020 g/mol. The van der Waals surface area contributed by atoms with Crippen molar-refractivity contribution in [2.75, 3.05) is 25.6 Å². The van der Waals surface area contributed by atoms with E-state index in [0.29, 0.717) is 52.7 Å². The van der Waals surface area contributed by atoms with Gasteiger partial charge in [-0.1, -0.05) is 13.3 Å². The molecule has 72 heavy (non-hydrogen) atoms. The summed E-state index contributed by atoms with van der Waals surface area (Å²) in [4.78, 5) is 132. The predicted octanol–water partition coefficient (Wildman–Crippen LogP) is -0.419. The largest absolute Gasteiger partial charge is 0.480 e. The smallest absolute Gasteiger partial charge is 0.343 e. The van der Waals surface area contributed by atoms with E-state index in [9.17, 15) is 57.4 Å². The van der Waals surface area contributed by atoms with Gasteiger partial charge < -0.3 is 56.6 Å². The summed E-state index contributed by atoms with van der Waals surface area (Å²) in [7, 11) is 0. The van der Waals surface area contributed by atoms with Crippen LogP contribution in [0.4, 0.5) is 4.39 Å². The van der Waals surface area contributed by atoms with Crippen molar-refractivity contribution in [2.45, 2.75) is 128 Å². The molecule has 0 bridgehead atoms. The van der Waals surface area contributed by atoms with Gasteiger partial charge in [-0.3, -0.25) is 48.1 Å². The molecule has 0 radical (unpaired) electrons. The van der Waals surface area contributed by atoms with Crippen molar-refractivity contribution < 1.29 is 67.2 Å². The minimum Gasteiger partial charge on any atom is -0.480 e. The number of aryl methyl sites for hydroxylation is 1. The fraction of sp³-hybridized carbons (Fsp3) is 0.511. The lowest BCUT2D eigenvalue weighted by atomic mass is 9.86. The first-order valence-electron chi connectivity index (χ1n) is 23.3. The molecule has 5 heterocycles. The van der Waals surface area contributed by atoms with Gasteiger partial charge in [0.2, 0.25) is 41.4 Å². The lowest BCUT2D eigenvalue weighted by Gasteiger charge is -2.31. The Hall–Kier alpha value is -6.83. The van der Waals surface area contributed by atoms with Gasteiger partial charge in [-0.25, -0.2) is 14.2 Å². The zero-order valence-corrected chi connectivity index (χ0v) is 41.1. The number of nitrogens with two attached hydrogens (primary N) is 1. The van der Waals surface area contributed by atoms with Gasteiger partial charge in [0.1, 0.15) is 49.9 Å². The molecule has 2 aromatic heterocycles. The zero-order chi connectivity index (χ0) is 52.8. The number of hydrogen-bond donors (Lipinski definition) is 8. The lowest BCUT2D eigenvalue weighted by molar-refractivity contribution is -0.172. The van der Waals surface area contributed by atoms with Crippen LogP contribution in [-0.4, -0.2) is 133 Å². The Labute approximate surface area is 415 Å². The SMILES string of the molecule is CC[C@@]1(O)C(=O)OCc2c1cc1n(c2=O)Cc2c-1nc1cc(F)c(C)cc1c2CNC(=O)COCNC(=O)[C@H](C)NC(=O)[C@H](C)NC(=O)[C@H](C)NC(=O)CCCCCN1C(=O)CC(SC[C@H](N)C(=O)O)C1=O. The molecular formula is C47H58FN9O14S. The first kappa shape index (κ1) is 54.5. The van der Waals surface area contributed by atoms with Gasteiger partial charge in [-0.05, 0) is 70.2 Å². The number of thioether (sulfide) groups is 1. The summed E-state index contributed by atoms with van der Waals surface area (Å²) < 4.78 is 26.8. The van der Waals surface area contributed by atoms with Crippen LogP contribution in [0, 0.1) is 12.7 Å². The van der Waals surface area contributed by atoms with Gasteiger partial charge in [0, 0.05) is 54.3 Å². The first-order chi connectivity index (χ1) is 34.1. The summed E-state index contributed by atoms with van der Waals surface area (Å²) in [6, 6.07) is -0.0168. The van der Waals surface area contributed by atoms with Crippen LogP contribution in [0.1, 0.15) is 94.0 Å². The number of pyridine rings is 2. The van der Waals surface area contributed by atoms with E-state index in [1.165, 1.54) is 37.5 Å². The Morgan fingerprint density at radius 2 is 1.62 bits per heavy atom. The number of rotatable bonds is 23. The molecule has 25 heteroatoms. The number of carboxylic acid groups (broad SMARTS) is 1. The number of aromatic nitrogens is 2. The Morgan fingerprint density at radius 3 is 2.31 bits per heavy atom. The Morgan fingerprint density at radius 1 is 0.944 bits per heavy atom. The third kappa shape index (κ3) is 12.1. The van der Waals surface area contributed by atoms with E-state index >= 15 is 0 Å². The Balaban J connectivity index is 0.907. The molecule has 388 valence electrons. The second-order valence-corrected chi connectivity index (χ2v) is 19.1. The molecule has 23 nitrogen and oxygen atoms in total. The number of hydrogen-bond acceptors (Lipinski definition) is 16. The number of carbonyl (C=O) groups is 9. The topological polar surface area (TPSA) is 337 Å². The number of carbonyl (C=O) groups excluding carboxylic acids is 8. The molecule has 3 aliphatic rings. The lowest BCUT2D eigenvalue weighted by Crippen LogP contribution is -2.54. The number of nitrogens with zero attached hydrogens (tertiary/aromatic N) is 3. The number of aliphatic carboxylic acids is 1. The quantitative estimate of drug-likeness (QED) is 0.0202. The molecule has 3 aliphatic heterocycles. The number of esters is 1. The average Bonchev–Trinajstić information content (AvgIpc) is 3.84. The maximum absolute atomic E-state index is 14.9. The number of amides is 7. The molecule has 1 aromatic carbocycles. The molecule has 9 N–H and O–H groups in total. The number of ether oxygens (including phenoxy) is 2. The van der Waals surface area contributed by atoms with Gasteiger partial charge in [0.25, 0.3) is 5.56 Å². The van der Waals surface area contributed by atoms with E-state index in [4.69, 9.17) is 25.3 Å². The van der Waals surface area contributed by atoms with Crippen LogP contribution in [0.2, 0.25) is 0 Å². The van der Waals surface area contributed by atoms with Crippen LogP contribution in [0.25, 0.3) is 22.3 Å². The van der Waals surface area contributed by atoms with Gasteiger partial charge in [-0.15, -0.1) is 11.8 Å². The number of cyclic esters (lactones) is 1. The van der Waals surface area contributed by atoms with Crippen LogP contribution in [0.3, 0.4) is 0 Å². The van der Waals surface area contributed by atoms with Crippen molar-refractivity contribution in [3.05, 3.63) is 62.2 Å². The molecule has 1 unspecified atom stereocenters. The molecule has 1 fully saturated rings. The van der Waals surface area contributed by atoms with Crippen molar-refractivity contribution in [1.82, 2.24) is 41.0 Å². The normalized spacial score (nSPS) is 18.5. The minimum atomic E-state index is -2.05. The number of nitrogens with one attached hydrogen (secondary N) is 5. The van der Waals surface area contributed by atoms with Crippen molar-refractivity contribution in [2.24, 2.45) is 5.73 Å². The molecule has 0 spiro atoms. The molecule has 0 aliphatic carbocycles. The third-order valence-electron chi connectivity index (χ3n) is 12.7. The van der Waals surface area contributed by atoms with Crippen molar-refractivity contribution in [3.63, 3.8) is 0 Å². The van der Waals surface area contributed by atoms with Gasteiger partial charge in [-0.2, -0.15) is 0 Å². The standard InChI is InChI=1S/C47H58FN9O14S/c1-6-47(69)30-13-34-39-28(17-57(34)43(64)29(30)18-71-46(47)68)27(26-12-22(2)31(48)14-33(26)55-39)16-50-37(59)19-70-21-51-40(61)23(3)53-42(63)25(5)54-41(62)24(4)52-36(58)10-8-7-9-11-56-38(60)15-35(44(56)65)72-20-32(49)45(66)67/h12-14,23-25,32,35,69H,6-11,15-21,49H2,1-5H3,(H,50,59)(H,51,61)(H,52,58)(H,53,63)(H,54,62)(H,66,67)/t23-,24-,25-,32-,35?,47-/m0/s1. The highest BCUT2D eigenvalue weighted by atomic mass is 32.2. The third-order valence-corrected chi connectivity index (χ3v) is 14.0. The van der Waals surface area contributed by atoms with E-state index in [-0.39, 0.29) is 73.8 Å². The number of fused-ring (bicyclic) bond motifs is 5. The van der Waals surface area contributed by atoms with E-state index in [1.54, 1.807) is 19.9 Å². The molecule has 3 aromatic rings. The fourth-order valence-corrected chi connectivity index (χ4v) is 9.49. The number of benzene rings is 1. The van der Waals surface area contributed by atoms with Crippen molar-refractivity contribution in [3.8, 4) is 11.4 Å². The van der Waals surface area contributed by atoms with Crippen molar-refractivity contribution >= 4 is 76.0 Å². The number of carboxylic acids is 1. The number of imide groups is 1. The number of unbranched alkanes of at least 4 members (excludes halogenated alkanes) is 2. The number of aliphatic hydroxyl groups is 1. The first-order valence-corrected chi connectivity index (χ1v) is 24.4. The van der Waals surface area contributed by atoms with Crippen LogP contribution in [-0.2, 0) is 77.9 Å². The molecule has 1 saturated heterocycles. The van der Waals surface area contributed by atoms with E-state index in [2.05, 4.69) is 26.6 Å². The summed E-state index contributed by atoms with van der Waals surface area (Å²) in [6.45, 7) is 6.19. The maximum atomic E-state index is 14.9. The van der Waals surface area contributed by atoms with E-state index < -0.39 is 107 Å². The molecule has 7 amide bonds. The molecule has 0 saturated carbocycles. The van der Waals surface area contributed by atoms with E-state index in [1.807, 2.05) is 0 Å². The fourth-order valence-electron chi connectivity index (χ4n) is 8.38. The summed E-state index contributed by atoms with van der Waals surface area (Å²) in [5.41, 5.74) is 5.47. The van der Waals surface area contributed by atoms with Crippen LogP contribution >= 0.6 is 11.8 Å². The second-order valence-electron chi connectivity index (χ2n) is 17.9. The molecule has 6 atom stereocenters. The monoisotopic (exact) mass is 1020 g/mol. The van der Waals surface area contributed by atoms with E-state index in [0.717, 1.165) is 16.7 Å². The van der Waals surface area contributed by atoms with Crippen LogP contribution in [0.15, 0.2) is 23.0 Å². The van der Waals surface area contributed by atoms with Crippen LogP contribution < -0.4 is 37.9 Å². The predicted molar refractivity (Wildman–Crippen MR) is 255 cm³/mol. The molecule has 6 rings (SSSR count). The zero-order valence-electron chi connectivity index (χ0n) is 40.3. The highest BCUT2D eigenvalue weighted by Gasteiger charge is 2.46. The Bertz CT molecular complexity index is 2770. The summed E-state index contributed by atoms with van der Waals surface area (Å²) in [5.74, 6) is -6.45. The summed E-state index contributed by atoms with van der Waals surface area (Å²) in [5, 5.41) is 32.7. The number of halogens is 1. The van der Waals surface area contributed by atoms with Gasteiger partial charge >= 0.3 is 11.9 Å². The summed E-state index contributed by atoms with van der Waals surface area (Å²) >= 11 is 1.03. The minimum absolute atomic E-state index is 0.0104. The highest BCUT2D eigenvalue weighted by molar-refractivity contribution is 8.00. The highest BCUT2D eigenvalue weighted by Crippen LogP contribution is 2.40. The Kier molecular flexibility index (Phi) is 17.5. The van der Waals surface area contributed by atoms with Gasteiger partial charge in [0.05, 0.1) is 34.3 Å². The molecular weight excluding hydrogens is 966 g/mol. The van der Waals surface area contributed by atoms with Crippen molar-refractivity contribution in [1.29, 1.82) is 0 Å².